The Hall–Kier alpha value is -2.49. The Morgan fingerprint density at radius 3 is 2.55 bits per heavy atom. The van der Waals surface area contributed by atoms with E-state index in [0.717, 1.165) is 35.6 Å². The van der Waals surface area contributed by atoms with Gasteiger partial charge in [0.2, 0.25) is 0 Å². The first-order valence-corrected chi connectivity index (χ1v) is 7.50. The van der Waals surface area contributed by atoms with Crippen LogP contribution in [0.4, 0.5) is 15.8 Å². The first kappa shape index (κ1) is 13.2. The summed E-state index contributed by atoms with van der Waals surface area (Å²) >= 11 is 0. The molecule has 0 atom stereocenters. The Balaban J connectivity index is 1.84. The molecule has 3 nitrogen and oxygen atoms in total. The van der Waals surface area contributed by atoms with Gasteiger partial charge in [-0.1, -0.05) is 6.07 Å². The average Bonchev–Trinajstić information content (AvgIpc) is 3.33. The van der Waals surface area contributed by atoms with Crippen LogP contribution in [0, 0.1) is 18.7 Å². The Kier molecular flexibility index (Phi) is 3.03. The highest BCUT2D eigenvalue weighted by molar-refractivity contribution is 6.14. The summed E-state index contributed by atoms with van der Waals surface area (Å²) in [6, 6.07) is 12.4. The van der Waals surface area contributed by atoms with Gasteiger partial charge in [-0.25, -0.2) is 14.4 Å². The van der Waals surface area contributed by atoms with Crippen LogP contribution >= 0.6 is 0 Å². The van der Waals surface area contributed by atoms with Crippen LogP contribution in [0.1, 0.15) is 24.0 Å². The first-order valence-electron chi connectivity index (χ1n) is 7.50. The number of hydrogen-bond donors (Lipinski definition) is 1. The molecule has 1 saturated carbocycles. The summed E-state index contributed by atoms with van der Waals surface area (Å²) in [5.74, 6) is 1.83. The highest BCUT2D eigenvalue weighted by atomic mass is 19.1. The summed E-state index contributed by atoms with van der Waals surface area (Å²) < 4.78 is 13.1. The lowest BCUT2D eigenvalue weighted by Crippen LogP contribution is -2.15. The van der Waals surface area contributed by atoms with Gasteiger partial charge in [-0.15, -0.1) is 0 Å². The van der Waals surface area contributed by atoms with Crippen LogP contribution in [0.25, 0.3) is 0 Å². The van der Waals surface area contributed by atoms with Gasteiger partial charge in [-0.3, -0.25) is 0 Å². The molecule has 2 aromatic carbocycles. The largest absolute Gasteiger partial charge is 0.342 e. The average molecular weight is 293 g/mol. The van der Waals surface area contributed by atoms with Crippen molar-refractivity contribution in [3.8, 4) is 0 Å². The fourth-order valence-corrected chi connectivity index (χ4v) is 2.54. The van der Waals surface area contributed by atoms with Crippen molar-refractivity contribution in [2.75, 3.05) is 5.32 Å². The van der Waals surface area contributed by atoms with E-state index in [4.69, 9.17) is 4.99 Å². The molecule has 1 heterocycles. The fourth-order valence-electron chi connectivity index (χ4n) is 2.54. The zero-order valence-electron chi connectivity index (χ0n) is 12.3. The number of anilines is 1. The number of amidine groups is 2. The minimum absolute atomic E-state index is 0.251. The van der Waals surface area contributed by atoms with Crippen LogP contribution in [0.15, 0.2) is 52.4 Å². The molecule has 0 bridgehead atoms. The van der Waals surface area contributed by atoms with Crippen molar-refractivity contribution in [3.63, 3.8) is 0 Å². The molecule has 1 aliphatic carbocycles. The first-order chi connectivity index (χ1) is 10.7. The van der Waals surface area contributed by atoms with Crippen molar-refractivity contribution in [2.45, 2.75) is 19.8 Å². The molecule has 2 aliphatic rings. The van der Waals surface area contributed by atoms with Crippen molar-refractivity contribution >= 4 is 23.0 Å². The smallest absolute Gasteiger partial charge is 0.161 e. The SMILES string of the molecule is Cc1ccc2c(c1)NC(C1CC1)=NC(c1ccc(F)cc1)=N2. The summed E-state index contributed by atoms with van der Waals surface area (Å²) in [5.41, 5.74) is 3.86. The van der Waals surface area contributed by atoms with E-state index in [1.807, 2.05) is 12.1 Å². The van der Waals surface area contributed by atoms with Gasteiger partial charge in [-0.2, -0.15) is 0 Å². The maximum atomic E-state index is 13.1. The molecular formula is C18H16FN3. The van der Waals surface area contributed by atoms with Crippen molar-refractivity contribution in [1.29, 1.82) is 0 Å². The second-order valence-electron chi connectivity index (χ2n) is 5.86. The Labute approximate surface area is 128 Å². The number of benzene rings is 2. The van der Waals surface area contributed by atoms with Gasteiger partial charge in [0.15, 0.2) is 5.84 Å². The third-order valence-corrected chi connectivity index (χ3v) is 3.93. The molecular weight excluding hydrogens is 277 g/mol. The summed E-state index contributed by atoms with van der Waals surface area (Å²) in [4.78, 5) is 9.40. The van der Waals surface area contributed by atoms with E-state index >= 15 is 0 Å². The summed E-state index contributed by atoms with van der Waals surface area (Å²) in [6.45, 7) is 2.06. The molecule has 22 heavy (non-hydrogen) atoms. The highest BCUT2D eigenvalue weighted by Gasteiger charge is 2.30. The number of nitrogens with one attached hydrogen (secondary N) is 1. The second-order valence-corrected chi connectivity index (χ2v) is 5.86. The van der Waals surface area contributed by atoms with Gasteiger partial charge < -0.3 is 5.32 Å². The minimum Gasteiger partial charge on any atom is -0.342 e. The zero-order valence-corrected chi connectivity index (χ0v) is 12.3. The third kappa shape index (κ3) is 2.52. The molecule has 0 radical (unpaired) electrons. The number of halogens is 1. The summed E-state index contributed by atoms with van der Waals surface area (Å²) in [5, 5.41) is 3.43. The van der Waals surface area contributed by atoms with E-state index in [1.165, 1.54) is 17.7 Å². The van der Waals surface area contributed by atoms with Gasteiger partial charge in [0, 0.05) is 11.5 Å². The van der Waals surface area contributed by atoms with Crippen LogP contribution < -0.4 is 5.32 Å². The standard InChI is InChI=1S/C18H16FN3/c1-11-2-9-15-16(10-11)21-18(12-3-4-12)22-17(20-15)13-5-7-14(19)8-6-13/h2,5-10,12H,3-4H2,1H3,(H,20,21,22). The normalized spacial score (nSPS) is 17.0. The van der Waals surface area contributed by atoms with Gasteiger partial charge in [-0.05, 0) is 61.7 Å². The molecule has 0 spiro atoms. The molecule has 0 unspecified atom stereocenters. The molecule has 110 valence electrons. The maximum Gasteiger partial charge on any atom is 0.161 e. The van der Waals surface area contributed by atoms with Gasteiger partial charge in [0.25, 0.3) is 0 Å². The molecule has 0 amide bonds. The van der Waals surface area contributed by atoms with Crippen molar-refractivity contribution in [1.82, 2.24) is 0 Å². The lowest BCUT2D eigenvalue weighted by molar-refractivity contribution is 0.628. The molecule has 2 aromatic rings. The number of rotatable bonds is 2. The quantitative estimate of drug-likeness (QED) is 0.872. The molecule has 1 aliphatic heterocycles. The fraction of sp³-hybridized carbons (Fsp3) is 0.222. The molecule has 1 fully saturated rings. The number of aryl methyl sites for hydroxylation is 1. The molecule has 4 rings (SSSR count). The topological polar surface area (TPSA) is 36.8 Å². The van der Waals surface area contributed by atoms with E-state index in [-0.39, 0.29) is 5.82 Å². The van der Waals surface area contributed by atoms with Crippen molar-refractivity contribution in [2.24, 2.45) is 15.9 Å². The molecule has 0 aromatic heterocycles. The number of fused-ring (bicyclic) bond motifs is 1. The lowest BCUT2D eigenvalue weighted by atomic mass is 10.2. The number of hydrogen-bond acceptors (Lipinski definition) is 3. The monoisotopic (exact) mass is 293 g/mol. The van der Waals surface area contributed by atoms with Crippen molar-refractivity contribution in [3.05, 3.63) is 59.4 Å². The third-order valence-electron chi connectivity index (χ3n) is 3.93. The minimum atomic E-state index is -0.251. The predicted octanol–water partition coefficient (Wildman–Crippen LogP) is 4.45. The van der Waals surface area contributed by atoms with Gasteiger partial charge in [0.1, 0.15) is 11.7 Å². The zero-order chi connectivity index (χ0) is 15.1. The molecule has 0 saturated heterocycles. The van der Waals surface area contributed by atoms with Gasteiger partial charge >= 0.3 is 0 Å². The van der Waals surface area contributed by atoms with Crippen LogP contribution in [-0.2, 0) is 0 Å². The van der Waals surface area contributed by atoms with E-state index in [9.17, 15) is 4.39 Å². The predicted molar refractivity (Wildman–Crippen MR) is 87.6 cm³/mol. The summed E-state index contributed by atoms with van der Waals surface area (Å²) in [7, 11) is 0. The van der Waals surface area contributed by atoms with Crippen LogP contribution in [-0.4, -0.2) is 11.7 Å². The Morgan fingerprint density at radius 1 is 1.05 bits per heavy atom. The van der Waals surface area contributed by atoms with E-state index in [1.54, 1.807) is 12.1 Å². The second kappa shape index (κ2) is 5.05. The Bertz CT molecular complexity index is 786. The Morgan fingerprint density at radius 2 is 1.82 bits per heavy atom. The van der Waals surface area contributed by atoms with Crippen LogP contribution in [0.3, 0.4) is 0 Å². The molecule has 1 N–H and O–H groups in total. The number of nitrogens with zero attached hydrogens (tertiary/aromatic N) is 2. The van der Waals surface area contributed by atoms with Gasteiger partial charge in [0.05, 0.1) is 11.4 Å². The number of aliphatic imine (C=N–C) groups is 2. The van der Waals surface area contributed by atoms with Crippen LogP contribution in [0.2, 0.25) is 0 Å². The van der Waals surface area contributed by atoms with E-state index in [2.05, 4.69) is 23.3 Å². The maximum absolute atomic E-state index is 13.1. The van der Waals surface area contributed by atoms with E-state index in [0.29, 0.717) is 11.8 Å². The van der Waals surface area contributed by atoms with Crippen molar-refractivity contribution < 1.29 is 4.39 Å². The highest BCUT2D eigenvalue weighted by Crippen LogP contribution is 2.36. The summed E-state index contributed by atoms with van der Waals surface area (Å²) in [6.07, 6.45) is 2.31. The lowest BCUT2D eigenvalue weighted by Gasteiger charge is -2.09. The molecule has 4 heteroatoms. The van der Waals surface area contributed by atoms with Crippen LogP contribution in [0.5, 0.6) is 0 Å². The van der Waals surface area contributed by atoms with E-state index < -0.39 is 0 Å².